The van der Waals surface area contributed by atoms with Gasteiger partial charge in [-0.3, -0.25) is 4.79 Å². The molecule has 3 N–H and O–H groups in total. The minimum absolute atomic E-state index is 0.333. The van der Waals surface area contributed by atoms with E-state index in [1.165, 1.54) is 58.8 Å². The second-order valence-corrected chi connectivity index (χ2v) is 4.33. The Morgan fingerprint density at radius 3 is 2.00 bits per heavy atom. The van der Waals surface area contributed by atoms with Crippen molar-refractivity contribution in [1.29, 1.82) is 0 Å². The topological polar surface area (TPSA) is 58.4 Å². The third-order valence-corrected chi connectivity index (χ3v) is 2.97. The molecule has 17 heavy (non-hydrogen) atoms. The fourth-order valence-electron chi connectivity index (χ4n) is 2.28. The smallest absolute Gasteiger partial charge is 0.214 e. The first-order valence-electron chi connectivity index (χ1n) is 6.91. The molecule has 0 saturated carbocycles. The quantitative estimate of drug-likeness (QED) is 0.731. The lowest BCUT2D eigenvalue weighted by Crippen LogP contribution is -2.41. The lowest BCUT2D eigenvalue weighted by molar-refractivity contribution is -0.115. The van der Waals surface area contributed by atoms with E-state index in [-0.39, 0.29) is 5.91 Å². The first kappa shape index (κ1) is 16.4. The largest absolute Gasteiger partial charge is 0.370 e. The number of primary amides is 1. The molecule has 0 bridgehead atoms. The molecule has 2 heterocycles. The summed E-state index contributed by atoms with van der Waals surface area (Å²) >= 11 is 0. The zero-order chi connectivity index (χ0) is 13.1. The van der Waals surface area contributed by atoms with Gasteiger partial charge >= 0.3 is 0 Å². The van der Waals surface area contributed by atoms with Crippen LogP contribution in [0.1, 0.15) is 46.5 Å². The van der Waals surface area contributed by atoms with Crippen LogP contribution in [0.5, 0.6) is 0 Å². The molecule has 0 aromatic heterocycles. The van der Waals surface area contributed by atoms with Crippen molar-refractivity contribution in [3.63, 3.8) is 0 Å². The maximum atomic E-state index is 9.22. The first-order valence-corrected chi connectivity index (χ1v) is 6.91. The van der Waals surface area contributed by atoms with Crippen molar-refractivity contribution >= 4 is 5.91 Å². The number of nitrogens with two attached hydrogens (primary N) is 1. The highest BCUT2D eigenvalue weighted by Crippen LogP contribution is 2.17. The van der Waals surface area contributed by atoms with E-state index in [0.717, 1.165) is 6.04 Å². The van der Waals surface area contributed by atoms with E-state index in [2.05, 4.69) is 16.0 Å². The van der Waals surface area contributed by atoms with Crippen LogP contribution in [-0.4, -0.2) is 43.0 Å². The van der Waals surface area contributed by atoms with Gasteiger partial charge in [-0.05, 0) is 51.9 Å². The van der Waals surface area contributed by atoms with Gasteiger partial charge in [0.15, 0.2) is 0 Å². The summed E-state index contributed by atoms with van der Waals surface area (Å²) in [5.74, 6) is -0.333. The standard InChI is InChI=1S/C9H18N2.C2H5NO.C2H6/c1-2-8-11(7-1)9-3-5-10-6-4-9;1-2(3)4;1-2/h9-10H,1-8H2;1H3,(H2,3,4);1-2H3. The normalized spacial score (nSPS) is 20.9. The Bertz CT molecular complexity index is 181. The van der Waals surface area contributed by atoms with E-state index in [4.69, 9.17) is 0 Å². The third-order valence-electron chi connectivity index (χ3n) is 2.97. The predicted octanol–water partition coefficient (Wildman–Crippen LogP) is 1.35. The molecular formula is C13H29N3O. The minimum Gasteiger partial charge on any atom is -0.370 e. The van der Waals surface area contributed by atoms with Gasteiger partial charge in [0.05, 0.1) is 0 Å². The van der Waals surface area contributed by atoms with Crippen LogP contribution < -0.4 is 11.1 Å². The number of hydrogen-bond donors (Lipinski definition) is 2. The molecule has 0 unspecified atom stereocenters. The van der Waals surface area contributed by atoms with Gasteiger partial charge in [0.1, 0.15) is 0 Å². The average Bonchev–Trinajstić information content (AvgIpc) is 2.86. The number of piperidine rings is 1. The van der Waals surface area contributed by atoms with Gasteiger partial charge in [0.2, 0.25) is 5.91 Å². The fraction of sp³-hybridized carbons (Fsp3) is 0.923. The van der Waals surface area contributed by atoms with Gasteiger partial charge in [-0.1, -0.05) is 13.8 Å². The Morgan fingerprint density at radius 1 is 1.18 bits per heavy atom. The monoisotopic (exact) mass is 243 g/mol. The number of nitrogens with zero attached hydrogens (tertiary/aromatic N) is 1. The second kappa shape index (κ2) is 10.5. The lowest BCUT2D eigenvalue weighted by Gasteiger charge is -2.31. The Balaban J connectivity index is 0.000000368. The summed E-state index contributed by atoms with van der Waals surface area (Å²) < 4.78 is 0. The predicted molar refractivity (Wildman–Crippen MR) is 72.9 cm³/mol. The Hall–Kier alpha value is -0.610. The molecule has 2 fully saturated rings. The molecule has 0 aliphatic carbocycles. The van der Waals surface area contributed by atoms with Crippen molar-refractivity contribution < 1.29 is 4.79 Å². The average molecular weight is 243 g/mol. The number of likely N-dealkylation sites (tertiary alicyclic amines) is 1. The molecule has 0 aromatic carbocycles. The molecule has 2 saturated heterocycles. The molecule has 4 heteroatoms. The summed E-state index contributed by atoms with van der Waals surface area (Å²) in [5.41, 5.74) is 4.47. The molecule has 0 atom stereocenters. The van der Waals surface area contributed by atoms with Crippen LogP contribution in [0.25, 0.3) is 0 Å². The molecule has 0 aromatic rings. The van der Waals surface area contributed by atoms with Crippen molar-refractivity contribution in [3.8, 4) is 0 Å². The van der Waals surface area contributed by atoms with Crippen LogP contribution in [0.2, 0.25) is 0 Å². The van der Waals surface area contributed by atoms with E-state index >= 15 is 0 Å². The lowest BCUT2D eigenvalue weighted by atomic mass is 10.1. The number of carbonyl (C=O) groups excluding carboxylic acids is 1. The van der Waals surface area contributed by atoms with Crippen molar-refractivity contribution in [3.05, 3.63) is 0 Å². The summed E-state index contributed by atoms with van der Waals surface area (Å²) in [5, 5.41) is 3.41. The third kappa shape index (κ3) is 8.16. The highest BCUT2D eigenvalue weighted by Gasteiger charge is 2.22. The van der Waals surface area contributed by atoms with Crippen LogP contribution in [0.15, 0.2) is 0 Å². The van der Waals surface area contributed by atoms with Gasteiger partial charge in [-0.2, -0.15) is 0 Å². The minimum atomic E-state index is -0.333. The molecule has 2 aliphatic rings. The zero-order valence-electron chi connectivity index (χ0n) is 11.7. The molecule has 0 spiro atoms. The number of nitrogens with one attached hydrogen (secondary N) is 1. The summed E-state index contributed by atoms with van der Waals surface area (Å²) in [6.45, 7) is 10.5. The molecule has 4 nitrogen and oxygen atoms in total. The van der Waals surface area contributed by atoms with E-state index in [1.807, 2.05) is 13.8 Å². The van der Waals surface area contributed by atoms with E-state index in [9.17, 15) is 4.79 Å². The molecule has 0 radical (unpaired) electrons. The number of amides is 1. The van der Waals surface area contributed by atoms with Crippen LogP contribution in [0.4, 0.5) is 0 Å². The Kier molecular flexibility index (Phi) is 10.2. The van der Waals surface area contributed by atoms with Crippen molar-refractivity contribution in [2.45, 2.75) is 52.5 Å². The first-order chi connectivity index (χ1) is 8.20. The molecule has 2 rings (SSSR count). The summed E-state index contributed by atoms with van der Waals surface area (Å²) in [6, 6.07) is 0.916. The zero-order valence-corrected chi connectivity index (χ0v) is 11.7. The molecular weight excluding hydrogens is 214 g/mol. The van der Waals surface area contributed by atoms with Crippen LogP contribution >= 0.6 is 0 Å². The van der Waals surface area contributed by atoms with Crippen molar-refractivity contribution in [2.24, 2.45) is 5.73 Å². The van der Waals surface area contributed by atoms with E-state index in [1.54, 1.807) is 0 Å². The van der Waals surface area contributed by atoms with Gasteiger partial charge in [0.25, 0.3) is 0 Å². The highest BCUT2D eigenvalue weighted by molar-refractivity contribution is 5.70. The maximum absolute atomic E-state index is 9.22. The maximum Gasteiger partial charge on any atom is 0.214 e. The summed E-state index contributed by atoms with van der Waals surface area (Å²) in [4.78, 5) is 11.9. The number of rotatable bonds is 1. The van der Waals surface area contributed by atoms with Crippen LogP contribution in [0, 0.1) is 0 Å². The van der Waals surface area contributed by atoms with Gasteiger partial charge in [0, 0.05) is 13.0 Å². The number of hydrogen-bond acceptors (Lipinski definition) is 3. The summed E-state index contributed by atoms with van der Waals surface area (Å²) in [6.07, 6.45) is 5.62. The van der Waals surface area contributed by atoms with E-state index in [0.29, 0.717) is 0 Å². The van der Waals surface area contributed by atoms with Crippen molar-refractivity contribution in [2.75, 3.05) is 26.2 Å². The molecule has 102 valence electrons. The van der Waals surface area contributed by atoms with Gasteiger partial charge in [-0.15, -0.1) is 0 Å². The van der Waals surface area contributed by atoms with Crippen LogP contribution in [0.3, 0.4) is 0 Å². The van der Waals surface area contributed by atoms with Gasteiger partial charge in [-0.25, -0.2) is 0 Å². The van der Waals surface area contributed by atoms with E-state index < -0.39 is 0 Å². The second-order valence-electron chi connectivity index (χ2n) is 4.33. The van der Waals surface area contributed by atoms with Crippen LogP contribution in [-0.2, 0) is 4.79 Å². The fourth-order valence-corrected chi connectivity index (χ4v) is 2.28. The van der Waals surface area contributed by atoms with Gasteiger partial charge < -0.3 is 16.0 Å². The Labute approximate surface area is 106 Å². The highest BCUT2D eigenvalue weighted by atomic mass is 16.1. The van der Waals surface area contributed by atoms with Crippen molar-refractivity contribution in [1.82, 2.24) is 10.2 Å². The molecule has 1 amide bonds. The number of carbonyl (C=O) groups is 1. The summed E-state index contributed by atoms with van der Waals surface area (Å²) in [7, 11) is 0. The Morgan fingerprint density at radius 2 is 1.59 bits per heavy atom. The SMILES string of the molecule is C1CCN(C2CCNCC2)C1.CC.CC(N)=O. The molecule has 2 aliphatic heterocycles.